The molecular formula is C16H13BrFN3O4. The Labute approximate surface area is 150 Å². The maximum atomic E-state index is 13.1. The first-order chi connectivity index (χ1) is 11.8. The zero-order chi connectivity index (χ0) is 18.6. The quantitative estimate of drug-likeness (QED) is 0.605. The lowest BCUT2D eigenvalue weighted by atomic mass is 10.2. The summed E-state index contributed by atoms with van der Waals surface area (Å²) in [6, 6.07) is 9.30. The zero-order valence-electron chi connectivity index (χ0n) is 13.0. The molecule has 0 bridgehead atoms. The fraction of sp³-hybridized carbons (Fsp3) is 0.125. The van der Waals surface area contributed by atoms with Gasteiger partial charge in [0.15, 0.2) is 0 Å². The summed E-state index contributed by atoms with van der Waals surface area (Å²) >= 11 is 3.04. The summed E-state index contributed by atoms with van der Waals surface area (Å²) in [5.74, 6) is -1.57. The van der Waals surface area contributed by atoms with Gasteiger partial charge in [-0.15, -0.1) is 0 Å². The standard InChI is InChI=1S/C16H13BrFN3O4/c1-20(9-15(22)19-12-4-2-3-11(18)8-12)16(23)10-5-6-13(17)14(7-10)21(24)25/h2-8H,9H2,1H3,(H,19,22). The first-order valence-electron chi connectivity index (χ1n) is 7.02. The molecule has 0 aromatic heterocycles. The Hall–Kier alpha value is -2.81. The molecular weight excluding hydrogens is 397 g/mol. The van der Waals surface area contributed by atoms with Crippen LogP contribution in [0.4, 0.5) is 15.8 Å². The Morgan fingerprint density at radius 3 is 2.64 bits per heavy atom. The van der Waals surface area contributed by atoms with Crippen molar-refractivity contribution in [3.8, 4) is 0 Å². The van der Waals surface area contributed by atoms with E-state index in [1.807, 2.05) is 0 Å². The molecule has 0 fully saturated rings. The lowest BCUT2D eigenvalue weighted by molar-refractivity contribution is -0.385. The van der Waals surface area contributed by atoms with Gasteiger partial charge in [-0.1, -0.05) is 6.07 Å². The van der Waals surface area contributed by atoms with Crippen molar-refractivity contribution in [2.45, 2.75) is 0 Å². The van der Waals surface area contributed by atoms with Gasteiger partial charge in [0.25, 0.3) is 11.6 Å². The van der Waals surface area contributed by atoms with Crippen LogP contribution >= 0.6 is 15.9 Å². The second kappa shape index (κ2) is 7.84. The zero-order valence-corrected chi connectivity index (χ0v) is 14.6. The van der Waals surface area contributed by atoms with Gasteiger partial charge in [-0.25, -0.2) is 4.39 Å². The van der Waals surface area contributed by atoms with Crippen molar-refractivity contribution in [1.29, 1.82) is 0 Å². The molecule has 25 heavy (non-hydrogen) atoms. The lowest BCUT2D eigenvalue weighted by Gasteiger charge is -2.17. The SMILES string of the molecule is CN(CC(=O)Nc1cccc(F)c1)C(=O)c1ccc(Br)c([N+](=O)[O-])c1. The summed E-state index contributed by atoms with van der Waals surface area (Å²) in [6.07, 6.45) is 0. The number of likely N-dealkylation sites (N-methyl/N-ethyl adjacent to an activating group) is 1. The van der Waals surface area contributed by atoms with Crippen LogP contribution in [0.1, 0.15) is 10.4 Å². The van der Waals surface area contributed by atoms with E-state index in [1.54, 1.807) is 0 Å². The fourth-order valence-electron chi connectivity index (χ4n) is 2.06. The number of amides is 2. The summed E-state index contributed by atoms with van der Waals surface area (Å²) in [6.45, 7) is -0.292. The van der Waals surface area contributed by atoms with Crippen LogP contribution in [0.5, 0.6) is 0 Å². The molecule has 7 nitrogen and oxygen atoms in total. The van der Waals surface area contributed by atoms with Gasteiger partial charge < -0.3 is 10.2 Å². The van der Waals surface area contributed by atoms with Gasteiger partial charge in [0.2, 0.25) is 5.91 Å². The molecule has 0 radical (unpaired) electrons. The molecule has 0 aliphatic heterocycles. The van der Waals surface area contributed by atoms with Crippen molar-refractivity contribution < 1.29 is 18.9 Å². The van der Waals surface area contributed by atoms with Gasteiger partial charge in [0, 0.05) is 24.4 Å². The van der Waals surface area contributed by atoms with Crippen LogP contribution in [0, 0.1) is 15.9 Å². The number of nitro groups is 1. The average molecular weight is 410 g/mol. The van der Waals surface area contributed by atoms with Gasteiger partial charge in [0.1, 0.15) is 5.82 Å². The molecule has 9 heteroatoms. The molecule has 0 saturated carbocycles. The molecule has 0 aliphatic rings. The minimum Gasteiger partial charge on any atom is -0.332 e. The van der Waals surface area contributed by atoms with Gasteiger partial charge in [-0.05, 0) is 46.3 Å². The average Bonchev–Trinajstić information content (AvgIpc) is 2.54. The molecule has 2 amide bonds. The van der Waals surface area contributed by atoms with Gasteiger partial charge in [0.05, 0.1) is 15.9 Å². The van der Waals surface area contributed by atoms with Crippen LogP contribution in [0.3, 0.4) is 0 Å². The lowest BCUT2D eigenvalue weighted by Crippen LogP contribution is -2.35. The summed E-state index contributed by atoms with van der Waals surface area (Å²) in [4.78, 5) is 35.7. The number of carbonyl (C=O) groups excluding carboxylic acids is 2. The number of nitro benzene ring substituents is 1. The van der Waals surface area contributed by atoms with E-state index in [4.69, 9.17) is 0 Å². The van der Waals surface area contributed by atoms with Crippen LogP contribution in [0.25, 0.3) is 0 Å². The van der Waals surface area contributed by atoms with E-state index in [2.05, 4.69) is 21.2 Å². The number of benzene rings is 2. The predicted octanol–water partition coefficient (Wildman–Crippen LogP) is 3.21. The first-order valence-corrected chi connectivity index (χ1v) is 7.82. The molecule has 0 unspecified atom stereocenters. The maximum absolute atomic E-state index is 13.1. The third-order valence-corrected chi connectivity index (χ3v) is 3.90. The van der Waals surface area contributed by atoms with E-state index >= 15 is 0 Å². The first kappa shape index (κ1) is 18.5. The number of rotatable bonds is 5. The Morgan fingerprint density at radius 2 is 2.00 bits per heavy atom. The van der Waals surface area contributed by atoms with E-state index < -0.39 is 22.6 Å². The minimum absolute atomic E-state index is 0.0796. The monoisotopic (exact) mass is 409 g/mol. The van der Waals surface area contributed by atoms with E-state index in [0.29, 0.717) is 0 Å². The molecule has 0 atom stereocenters. The molecule has 0 aliphatic carbocycles. The summed E-state index contributed by atoms with van der Waals surface area (Å²) < 4.78 is 13.3. The van der Waals surface area contributed by atoms with Gasteiger partial charge >= 0.3 is 0 Å². The number of hydrogen-bond acceptors (Lipinski definition) is 4. The Bertz CT molecular complexity index is 844. The molecule has 2 aromatic carbocycles. The highest BCUT2D eigenvalue weighted by Crippen LogP contribution is 2.26. The van der Waals surface area contributed by atoms with Crippen molar-refractivity contribution in [3.63, 3.8) is 0 Å². The van der Waals surface area contributed by atoms with Crippen molar-refractivity contribution in [2.24, 2.45) is 0 Å². The number of nitrogens with one attached hydrogen (secondary N) is 1. The topological polar surface area (TPSA) is 92.6 Å². The minimum atomic E-state index is -0.614. The smallest absolute Gasteiger partial charge is 0.284 e. The van der Waals surface area contributed by atoms with E-state index in [-0.39, 0.29) is 28.0 Å². The second-order valence-corrected chi connectivity index (χ2v) is 6.00. The van der Waals surface area contributed by atoms with Crippen LogP contribution in [-0.2, 0) is 4.79 Å². The van der Waals surface area contributed by atoms with Gasteiger partial charge in [-0.2, -0.15) is 0 Å². The molecule has 0 heterocycles. The largest absolute Gasteiger partial charge is 0.332 e. The van der Waals surface area contributed by atoms with E-state index in [9.17, 15) is 24.1 Å². The summed E-state index contributed by atoms with van der Waals surface area (Å²) in [5.41, 5.74) is 0.101. The van der Waals surface area contributed by atoms with E-state index in [0.717, 1.165) is 17.0 Å². The molecule has 0 saturated heterocycles. The van der Waals surface area contributed by atoms with Crippen LogP contribution in [0.15, 0.2) is 46.9 Å². The second-order valence-electron chi connectivity index (χ2n) is 5.14. The Balaban J connectivity index is 2.06. The number of halogens is 2. The highest BCUT2D eigenvalue weighted by molar-refractivity contribution is 9.10. The van der Waals surface area contributed by atoms with Crippen LogP contribution in [0.2, 0.25) is 0 Å². The number of hydrogen-bond donors (Lipinski definition) is 1. The summed E-state index contributed by atoms with van der Waals surface area (Å²) in [5, 5.41) is 13.4. The van der Waals surface area contributed by atoms with Crippen LogP contribution in [-0.4, -0.2) is 35.2 Å². The number of nitrogens with zero attached hydrogens (tertiary/aromatic N) is 2. The van der Waals surface area contributed by atoms with Crippen molar-refractivity contribution in [3.05, 3.63) is 68.4 Å². The molecule has 0 spiro atoms. The molecule has 2 rings (SSSR count). The molecule has 1 N–H and O–H groups in total. The normalized spacial score (nSPS) is 10.2. The predicted molar refractivity (Wildman–Crippen MR) is 92.8 cm³/mol. The summed E-state index contributed by atoms with van der Waals surface area (Å²) in [7, 11) is 1.39. The van der Waals surface area contributed by atoms with Crippen LogP contribution < -0.4 is 5.32 Å². The maximum Gasteiger partial charge on any atom is 0.284 e. The fourth-order valence-corrected chi connectivity index (χ4v) is 2.45. The third-order valence-electron chi connectivity index (χ3n) is 3.23. The number of carbonyl (C=O) groups is 2. The number of anilines is 1. The van der Waals surface area contributed by atoms with Gasteiger partial charge in [-0.3, -0.25) is 19.7 Å². The van der Waals surface area contributed by atoms with Crippen molar-refractivity contribution >= 4 is 39.1 Å². The van der Waals surface area contributed by atoms with Crippen molar-refractivity contribution in [1.82, 2.24) is 4.90 Å². The molecule has 2 aromatic rings. The van der Waals surface area contributed by atoms with E-state index in [1.165, 1.54) is 37.4 Å². The van der Waals surface area contributed by atoms with Crippen molar-refractivity contribution in [2.75, 3.05) is 18.9 Å². The third kappa shape index (κ3) is 4.83. The molecule has 130 valence electrons. The Kier molecular flexibility index (Phi) is 5.81. The highest BCUT2D eigenvalue weighted by atomic mass is 79.9. The highest BCUT2D eigenvalue weighted by Gasteiger charge is 2.20. The Morgan fingerprint density at radius 1 is 1.28 bits per heavy atom.